The second kappa shape index (κ2) is 8.92. The van der Waals surface area contributed by atoms with E-state index >= 15 is 0 Å². The van der Waals surface area contributed by atoms with Crippen molar-refractivity contribution in [1.29, 1.82) is 0 Å². The summed E-state index contributed by atoms with van der Waals surface area (Å²) in [6.07, 6.45) is -0.197. The Bertz CT molecular complexity index is 1190. The van der Waals surface area contributed by atoms with Gasteiger partial charge in [-0.2, -0.15) is 0 Å². The lowest BCUT2D eigenvalue weighted by Gasteiger charge is -2.34. The number of rotatable bonds is 3. The van der Waals surface area contributed by atoms with E-state index in [-0.39, 0.29) is 30.2 Å². The van der Waals surface area contributed by atoms with Gasteiger partial charge in [-0.15, -0.1) is 5.10 Å². The van der Waals surface area contributed by atoms with Gasteiger partial charge in [-0.05, 0) is 35.9 Å². The van der Waals surface area contributed by atoms with Gasteiger partial charge in [-0.25, -0.2) is 9.07 Å². The van der Waals surface area contributed by atoms with Crippen molar-refractivity contribution in [2.45, 2.75) is 19.3 Å². The van der Waals surface area contributed by atoms with E-state index in [0.29, 0.717) is 49.0 Å². The molecule has 8 nitrogen and oxygen atoms in total. The normalized spacial score (nSPS) is 18.2. The number of amides is 2. The van der Waals surface area contributed by atoms with Crippen molar-refractivity contribution in [3.8, 4) is 0 Å². The van der Waals surface area contributed by atoms with Crippen LogP contribution in [0.3, 0.4) is 0 Å². The number of hydrogen-bond acceptors (Lipinski definition) is 5. The summed E-state index contributed by atoms with van der Waals surface area (Å²) in [4.78, 5) is 29.0. The molecule has 0 bridgehead atoms. The van der Waals surface area contributed by atoms with Crippen molar-refractivity contribution in [3.63, 3.8) is 0 Å². The Labute approximate surface area is 194 Å². The summed E-state index contributed by atoms with van der Waals surface area (Å²) in [5.41, 5.74) is 2.19. The smallest absolute Gasteiger partial charge is 0.276 e. The molecule has 0 spiro atoms. The number of fused-ring (bicyclic) bond motifs is 1. The van der Waals surface area contributed by atoms with Crippen molar-refractivity contribution >= 4 is 23.4 Å². The van der Waals surface area contributed by atoms with E-state index in [9.17, 15) is 14.0 Å². The molecule has 0 aliphatic carbocycles. The van der Waals surface area contributed by atoms with Crippen LogP contribution >= 0.6 is 11.6 Å². The van der Waals surface area contributed by atoms with Gasteiger partial charge in [0.05, 0.1) is 18.8 Å². The first-order chi connectivity index (χ1) is 16.0. The Balaban J connectivity index is 1.23. The van der Waals surface area contributed by atoms with E-state index in [1.54, 1.807) is 20.5 Å². The maximum atomic E-state index is 13.4. The topological polar surface area (TPSA) is 80.6 Å². The molecular weight excluding hydrogens is 449 g/mol. The van der Waals surface area contributed by atoms with E-state index in [2.05, 4.69) is 10.3 Å². The summed E-state index contributed by atoms with van der Waals surface area (Å²) in [5, 5.41) is 8.95. The average molecular weight is 470 g/mol. The number of benzene rings is 2. The Morgan fingerprint density at radius 3 is 2.39 bits per heavy atom. The summed E-state index contributed by atoms with van der Waals surface area (Å²) < 4.78 is 21.1. The molecule has 2 aliphatic rings. The van der Waals surface area contributed by atoms with Crippen molar-refractivity contribution in [3.05, 3.63) is 81.9 Å². The molecule has 33 heavy (non-hydrogen) atoms. The fraction of sp³-hybridized carbons (Fsp3) is 0.304. The van der Waals surface area contributed by atoms with Crippen LogP contribution in [0.25, 0.3) is 0 Å². The van der Waals surface area contributed by atoms with Crippen LogP contribution in [-0.2, 0) is 17.9 Å². The van der Waals surface area contributed by atoms with Crippen LogP contribution in [0.2, 0.25) is 5.02 Å². The second-order valence-corrected chi connectivity index (χ2v) is 8.45. The first-order valence-corrected chi connectivity index (χ1v) is 11.0. The highest BCUT2D eigenvalue weighted by atomic mass is 35.5. The van der Waals surface area contributed by atoms with Gasteiger partial charge in [0.2, 0.25) is 0 Å². The van der Waals surface area contributed by atoms with Crippen LogP contribution in [0, 0.1) is 5.82 Å². The number of halogens is 2. The highest BCUT2D eigenvalue weighted by Gasteiger charge is 2.32. The number of carbonyl (C=O) groups is 2. The molecular formula is C23H21ClFN5O3. The summed E-state index contributed by atoms with van der Waals surface area (Å²) >= 11 is 5.96. The standard InChI is InChI=1S/C23H21ClFN5O3/c24-17-6-4-15(5-7-17)20-13-30-19(14-33-20)21(26-27-30)23(32)29-10-8-28(9-11-29)22(31)16-2-1-3-18(25)12-16/h1-7,12,20H,8-11,13-14H2. The summed E-state index contributed by atoms with van der Waals surface area (Å²) in [7, 11) is 0. The highest BCUT2D eigenvalue weighted by molar-refractivity contribution is 6.30. The van der Waals surface area contributed by atoms with Gasteiger partial charge in [0.25, 0.3) is 11.8 Å². The fourth-order valence-corrected chi connectivity index (χ4v) is 4.25. The third-order valence-corrected chi connectivity index (χ3v) is 6.22. The molecule has 1 atom stereocenters. The van der Waals surface area contributed by atoms with E-state index < -0.39 is 5.82 Å². The van der Waals surface area contributed by atoms with Gasteiger partial charge < -0.3 is 14.5 Å². The molecule has 3 heterocycles. The minimum absolute atomic E-state index is 0.197. The van der Waals surface area contributed by atoms with Crippen LogP contribution in [-0.4, -0.2) is 62.8 Å². The zero-order chi connectivity index (χ0) is 22.9. The molecule has 3 aromatic rings. The van der Waals surface area contributed by atoms with Crippen LogP contribution in [0.15, 0.2) is 48.5 Å². The van der Waals surface area contributed by atoms with Gasteiger partial charge in [0.15, 0.2) is 5.69 Å². The largest absolute Gasteiger partial charge is 0.365 e. The van der Waals surface area contributed by atoms with E-state index in [4.69, 9.17) is 16.3 Å². The summed E-state index contributed by atoms with van der Waals surface area (Å²) in [6.45, 7) is 2.12. The number of piperazine rings is 1. The van der Waals surface area contributed by atoms with Crippen LogP contribution < -0.4 is 0 Å². The number of hydrogen-bond donors (Lipinski definition) is 0. The molecule has 0 radical (unpaired) electrons. The van der Waals surface area contributed by atoms with Gasteiger partial charge in [-0.1, -0.05) is 35.0 Å². The molecule has 1 saturated heterocycles. The molecule has 2 amide bonds. The van der Waals surface area contributed by atoms with Gasteiger partial charge in [0, 0.05) is 36.8 Å². The predicted octanol–water partition coefficient (Wildman–Crippen LogP) is 2.94. The number of ether oxygens (including phenoxy) is 1. The van der Waals surface area contributed by atoms with Gasteiger partial charge in [-0.3, -0.25) is 9.59 Å². The van der Waals surface area contributed by atoms with Crippen LogP contribution in [0.1, 0.15) is 38.2 Å². The van der Waals surface area contributed by atoms with Gasteiger partial charge in [0.1, 0.15) is 11.9 Å². The first-order valence-electron chi connectivity index (χ1n) is 10.6. The Hall–Kier alpha value is -3.30. The molecule has 170 valence electrons. The maximum absolute atomic E-state index is 13.4. The predicted molar refractivity (Wildman–Crippen MR) is 117 cm³/mol. The number of carbonyl (C=O) groups excluding carboxylic acids is 2. The molecule has 1 fully saturated rings. The Morgan fingerprint density at radius 2 is 1.70 bits per heavy atom. The van der Waals surface area contributed by atoms with Crippen molar-refractivity contribution in [2.75, 3.05) is 26.2 Å². The monoisotopic (exact) mass is 469 g/mol. The maximum Gasteiger partial charge on any atom is 0.276 e. The van der Waals surface area contributed by atoms with Crippen molar-refractivity contribution in [1.82, 2.24) is 24.8 Å². The third-order valence-electron chi connectivity index (χ3n) is 5.97. The number of nitrogens with zero attached hydrogens (tertiary/aromatic N) is 5. The third kappa shape index (κ3) is 4.34. The van der Waals surface area contributed by atoms with Crippen molar-refractivity contribution < 1.29 is 18.7 Å². The minimum Gasteiger partial charge on any atom is -0.365 e. The Morgan fingerprint density at radius 1 is 1.00 bits per heavy atom. The van der Waals surface area contributed by atoms with Crippen LogP contribution in [0.4, 0.5) is 4.39 Å². The Kier molecular flexibility index (Phi) is 5.82. The lowest BCUT2D eigenvalue weighted by atomic mass is 10.1. The average Bonchev–Trinajstić information content (AvgIpc) is 3.27. The molecule has 2 aromatic carbocycles. The lowest BCUT2D eigenvalue weighted by Crippen LogP contribution is -2.50. The van der Waals surface area contributed by atoms with E-state index in [0.717, 1.165) is 5.56 Å². The van der Waals surface area contributed by atoms with Crippen molar-refractivity contribution in [2.24, 2.45) is 0 Å². The molecule has 10 heteroatoms. The zero-order valence-electron chi connectivity index (χ0n) is 17.7. The van der Waals surface area contributed by atoms with Crippen LogP contribution in [0.5, 0.6) is 0 Å². The summed E-state index contributed by atoms with van der Waals surface area (Å²) in [5.74, 6) is -0.931. The first kappa shape index (κ1) is 21.5. The highest BCUT2D eigenvalue weighted by Crippen LogP contribution is 2.28. The molecule has 2 aliphatic heterocycles. The van der Waals surface area contributed by atoms with Gasteiger partial charge >= 0.3 is 0 Å². The molecule has 0 saturated carbocycles. The molecule has 0 N–H and O–H groups in total. The van der Waals surface area contributed by atoms with E-state index in [1.165, 1.54) is 18.2 Å². The SMILES string of the molecule is O=C(c1cccc(F)c1)N1CCN(C(=O)c2nnn3c2COC(c2ccc(Cl)cc2)C3)CC1. The quantitative estimate of drug-likeness (QED) is 0.589. The fourth-order valence-electron chi connectivity index (χ4n) is 4.12. The molecule has 1 aromatic heterocycles. The van der Waals surface area contributed by atoms with E-state index in [1.807, 2.05) is 24.3 Å². The second-order valence-electron chi connectivity index (χ2n) is 8.01. The zero-order valence-corrected chi connectivity index (χ0v) is 18.4. The lowest BCUT2D eigenvalue weighted by molar-refractivity contribution is -0.00202. The molecule has 1 unspecified atom stereocenters. The minimum atomic E-state index is -0.452. The molecule has 5 rings (SSSR count). The number of aromatic nitrogens is 3. The summed E-state index contributed by atoms with van der Waals surface area (Å²) in [6, 6.07) is 13.1.